The first-order valence-corrected chi connectivity index (χ1v) is 5.66. The lowest BCUT2D eigenvalue weighted by Crippen LogP contribution is -2.39. The molecule has 0 aliphatic carbocycles. The first-order valence-electron chi connectivity index (χ1n) is 4.49. The molecule has 0 saturated carbocycles. The van der Waals surface area contributed by atoms with Crippen molar-refractivity contribution in [2.75, 3.05) is 13.2 Å². The van der Waals surface area contributed by atoms with Crippen LogP contribution in [-0.4, -0.2) is 19.1 Å². The van der Waals surface area contributed by atoms with E-state index in [0.29, 0.717) is 11.6 Å². The minimum Gasteiger partial charge on any atom is -0.369 e. The Morgan fingerprint density at radius 2 is 2.33 bits per heavy atom. The van der Waals surface area contributed by atoms with Gasteiger partial charge in [-0.3, -0.25) is 4.79 Å². The summed E-state index contributed by atoms with van der Waals surface area (Å²) in [6, 6.07) is 5.46. The van der Waals surface area contributed by atoms with Crippen LogP contribution in [0.25, 0.3) is 0 Å². The summed E-state index contributed by atoms with van der Waals surface area (Å²) in [5.41, 5.74) is 0.874. The van der Waals surface area contributed by atoms with Gasteiger partial charge >= 0.3 is 0 Å². The van der Waals surface area contributed by atoms with Gasteiger partial charge in [0.25, 0.3) is 0 Å². The number of hydrogen-bond donors (Lipinski definition) is 1. The van der Waals surface area contributed by atoms with Crippen molar-refractivity contribution in [1.29, 1.82) is 0 Å². The Labute approximate surface area is 101 Å². The van der Waals surface area contributed by atoms with Crippen LogP contribution in [-0.2, 0) is 9.53 Å². The van der Waals surface area contributed by atoms with Crippen LogP contribution in [0, 0.1) is 0 Å². The molecule has 3 nitrogen and oxygen atoms in total. The number of ether oxygens (including phenoxy) is 1. The highest BCUT2D eigenvalue weighted by molar-refractivity contribution is 9.10. The SMILES string of the molecule is O=C1COCC(c2cccc(Br)c2Cl)N1. The van der Waals surface area contributed by atoms with Crippen molar-refractivity contribution < 1.29 is 9.53 Å². The molecule has 0 spiro atoms. The molecule has 0 aromatic heterocycles. The number of halogens is 2. The highest BCUT2D eigenvalue weighted by atomic mass is 79.9. The molecule has 1 fully saturated rings. The van der Waals surface area contributed by atoms with Crippen LogP contribution in [0.1, 0.15) is 11.6 Å². The number of amides is 1. The van der Waals surface area contributed by atoms with Gasteiger partial charge in [0.2, 0.25) is 5.91 Å². The second kappa shape index (κ2) is 4.51. The summed E-state index contributed by atoms with van der Waals surface area (Å²) in [6.07, 6.45) is 0. The summed E-state index contributed by atoms with van der Waals surface area (Å²) >= 11 is 9.46. The molecule has 0 radical (unpaired) electrons. The molecule has 1 saturated heterocycles. The number of rotatable bonds is 1. The predicted octanol–water partition coefficient (Wildman–Crippen LogP) is 2.29. The van der Waals surface area contributed by atoms with E-state index in [1.165, 1.54) is 0 Å². The highest BCUT2D eigenvalue weighted by Crippen LogP contribution is 2.30. The predicted molar refractivity (Wildman–Crippen MR) is 60.9 cm³/mol. The van der Waals surface area contributed by atoms with Crippen LogP contribution in [0.3, 0.4) is 0 Å². The van der Waals surface area contributed by atoms with Crippen LogP contribution in [0.5, 0.6) is 0 Å². The molecule has 1 amide bonds. The molecule has 1 unspecified atom stereocenters. The molecule has 5 heteroatoms. The summed E-state index contributed by atoms with van der Waals surface area (Å²) in [5, 5.41) is 3.45. The van der Waals surface area contributed by atoms with Crippen molar-refractivity contribution in [3.63, 3.8) is 0 Å². The van der Waals surface area contributed by atoms with Crippen molar-refractivity contribution in [1.82, 2.24) is 5.32 Å². The molecule has 1 aromatic rings. The van der Waals surface area contributed by atoms with E-state index in [1.807, 2.05) is 18.2 Å². The molecule has 1 aliphatic rings. The average Bonchev–Trinajstić information content (AvgIpc) is 2.22. The Balaban J connectivity index is 2.28. The molecule has 80 valence electrons. The van der Waals surface area contributed by atoms with E-state index in [0.717, 1.165) is 10.0 Å². The van der Waals surface area contributed by atoms with E-state index in [4.69, 9.17) is 16.3 Å². The quantitative estimate of drug-likeness (QED) is 0.862. The van der Waals surface area contributed by atoms with Gasteiger partial charge in [0.1, 0.15) is 6.61 Å². The maximum Gasteiger partial charge on any atom is 0.246 e. The maximum absolute atomic E-state index is 11.2. The van der Waals surface area contributed by atoms with Gasteiger partial charge in [-0.05, 0) is 27.6 Å². The second-order valence-corrected chi connectivity index (χ2v) is 4.51. The molecule has 1 aliphatic heterocycles. The Bertz CT molecular complexity index is 397. The first-order chi connectivity index (χ1) is 7.18. The Kier molecular flexibility index (Phi) is 3.29. The molecule has 1 atom stereocenters. The van der Waals surface area contributed by atoms with E-state index in [-0.39, 0.29) is 18.6 Å². The van der Waals surface area contributed by atoms with Crippen LogP contribution in [0.15, 0.2) is 22.7 Å². The first kappa shape index (κ1) is 10.9. The van der Waals surface area contributed by atoms with Crippen LogP contribution < -0.4 is 5.32 Å². The van der Waals surface area contributed by atoms with Gasteiger partial charge in [-0.15, -0.1) is 0 Å². The molecular formula is C10H9BrClNO2. The fraction of sp³-hybridized carbons (Fsp3) is 0.300. The maximum atomic E-state index is 11.2. The number of benzene rings is 1. The topological polar surface area (TPSA) is 38.3 Å². The Morgan fingerprint density at radius 1 is 1.53 bits per heavy atom. The summed E-state index contributed by atoms with van der Waals surface area (Å²) in [7, 11) is 0. The molecule has 0 bridgehead atoms. The summed E-state index contributed by atoms with van der Waals surface area (Å²) < 4.78 is 5.98. The minimum absolute atomic E-state index is 0.109. The standard InChI is InChI=1S/C10H9BrClNO2/c11-7-3-1-2-6(10(7)12)8-4-15-5-9(14)13-8/h1-3,8H,4-5H2,(H,13,14). The second-order valence-electron chi connectivity index (χ2n) is 3.28. The monoisotopic (exact) mass is 289 g/mol. The van der Waals surface area contributed by atoms with E-state index in [1.54, 1.807) is 0 Å². The minimum atomic E-state index is -0.156. The number of carbonyl (C=O) groups excluding carboxylic acids is 1. The van der Waals surface area contributed by atoms with Gasteiger partial charge < -0.3 is 10.1 Å². The van der Waals surface area contributed by atoms with Gasteiger partial charge in [0.05, 0.1) is 17.7 Å². The third-order valence-corrected chi connectivity index (χ3v) is 3.52. The highest BCUT2D eigenvalue weighted by Gasteiger charge is 2.22. The van der Waals surface area contributed by atoms with Crippen molar-refractivity contribution >= 4 is 33.4 Å². The third kappa shape index (κ3) is 2.33. The van der Waals surface area contributed by atoms with E-state index in [9.17, 15) is 4.79 Å². The van der Waals surface area contributed by atoms with Gasteiger partial charge in [-0.2, -0.15) is 0 Å². The lowest BCUT2D eigenvalue weighted by molar-refractivity contribution is -0.131. The van der Waals surface area contributed by atoms with Crippen molar-refractivity contribution in [3.05, 3.63) is 33.3 Å². The van der Waals surface area contributed by atoms with Crippen LogP contribution in [0.2, 0.25) is 5.02 Å². The number of morpholine rings is 1. The van der Waals surface area contributed by atoms with Crippen LogP contribution in [0.4, 0.5) is 0 Å². The third-order valence-electron chi connectivity index (χ3n) is 2.21. The Hall–Kier alpha value is -0.580. The molecule has 15 heavy (non-hydrogen) atoms. The van der Waals surface area contributed by atoms with Crippen molar-refractivity contribution in [3.8, 4) is 0 Å². The average molecular weight is 291 g/mol. The van der Waals surface area contributed by atoms with Gasteiger partial charge in [0, 0.05) is 4.47 Å². The number of hydrogen-bond acceptors (Lipinski definition) is 2. The molecule has 1 heterocycles. The lowest BCUT2D eigenvalue weighted by atomic mass is 10.1. The fourth-order valence-corrected chi connectivity index (χ4v) is 2.14. The molecule has 2 rings (SSSR count). The summed E-state index contributed by atoms with van der Waals surface area (Å²) in [6.45, 7) is 0.587. The zero-order valence-electron chi connectivity index (χ0n) is 7.80. The van der Waals surface area contributed by atoms with E-state index < -0.39 is 0 Å². The largest absolute Gasteiger partial charge is 0.369 e. The van der Waals surface area contributed by atoms with Gasteiger partial charge in [-0.25, -0.2) is 0 Å². The zero-order chi connectivity index (χ0) is 10.8. The van der Waals surface area contributed by atoms with Gasteiger partial charge in [0.15, 0.2) is 0 Å². The molecular weight excluding hydrogens is 281 g/mol. The molecule has 1 N–H and O–H groups in total. The normalized spacial score (nSPS) is 21.2. The summed E-state index contributed by atoms with van der Waals surface area (Å²) in [5.74, 6) is -0.109. The van der Waals surface area contributed by atoms with E-state index in [2.05, 4.69) is 21.2 Å². The fourth-order valence-electron chi connectivity index (χ4n) is 1.50. The van der Waals surface area contributed by atoms with Gasteiger partial charge in [-0.1, -0.05) is 23.7 Å². The Morgan fingerprint density at radius 3 is 3.07 bits per heavy atom. The summed E-state index contributed by atoms with van der Waals surface area (Å²) in [4.78, 5) is 11.2. The zero-order valence-corrected chi connectivity index (χ0v) is 10.1. The van der Waals surface area contributed by atoms with E-state index >= 15 is 0 Å². The van der Waals surface area contributed by atoms with Crippen molar-refractivity contribution in [2.24, 2.45) is 0 Å². The number of carbonyl (C=O) groups is 1. The number of nitrogens with one attached hydrogen (secondary N) is 1. The smallest absolute Gasteiger partial charge is 0.246 e. The molecule has 1 aromatic carbocycles. The van der Waals surface area contributed by atoms with Crippen LogP contribution >= 0.6 is 27.5 Å². The van der Waals surface area contributed by atoms with Crippen molar-refractivity contribution in [2.45, 2.75) is 6.04 Å². The lowest BCUT2D eigenvalue weighted by Gasteiger charge is -2.24.